The van der Waals surface area contributed by atoms with E-state index in [4.69, 9.17) is 4.74 Å². The minimum absolute atomic E-state index is 0.0177. The van der Waals surface area contributed by atoms with Crippen molar-refractivity contribution in [3.8, 4) is 5.75 Å². The number of nitrogens with zero attached hydrogens (tertiary/aromatic N) is 1. The highest BCUT2D eigenvalue weighted by Gasteiger charge is 2.15. The Labute approximate surface area is 204 Å². The van der Waals surface area contributed by atoms with Gasteiger partial charge in [0.05, 0.1) is 23.3 Å². The summed E-state index contributed by atoms with van der Waals surface area (Å²) in [5, 5.41) is 4.64. The summed E-state index contributed by atoms with van der Waals surface area (Å²) < 4.78 is 45.0. The van der Waals surface area contributed by atoms with Crippen molar-refractivity contribution in [3.63, 3.8) is 0 Å². The van der Waals surface area contributed by atoms with Gasteiger partial charge in [-0.25, -0.2) is 12.8 Å². The molecule has 1 amide bonds. The molecule has 0 radical (unpaired) electrons. The second-order valence-electron chi connectivity index (χ2n) is 8.65. The van der Waals surface area contributed by atoms with E-state index in [-0.39, 0.29) is 35.7 Å². The number of halogens is 1. The Morgan fingerprint density at radius 3 is 2.29 bits per heavy atom. The van der Waals surface area contributed by atoms with Crippen LogP contribution in [0.1, 0.15) is 36.7 Å². The van der Waals surface area contributed by atoms with Crippen molar-refractivity contribution >= 4 is 37.6 Å². The first-order valence-electron chi connectivity index (χ1n) is 11.6. The number of benzene rings is 3. The first-order valence-corrected chi connectivity index (χ1v) is 13.3. The fourth-order valence-electron chi connectivity index (χ4n) is 4.16. The van der Waals surface area contributed by atoms with Crippen molar-refractivity contribution in [2.24, 2.45) is 0 Å². The number of aryl methyl sites for hydroxylation is 1. The Hall–Kier alpha value is -3.39. The SMILES string of the molecule is CCS(=O)(=O)c1ccc(CNC(=O)c2ccc3c(c2)c2cc(OC(C)C)ccc2n3CCF)cc1. The third-order valence-corrected chi connectivity index (χ3v) is 7.64. The topological polar surface area (TPSA) is 77.4 Å². The van der Waals surface area contributed by atoms with Gasteiger partial charge in [-0.3, -0.25) is 4.79 Å². The Morgan fingerprint density at radius 1 is 1.00 bits per heavy atom. The van der Waals surface area contributed by atoms with E-state index < -0.39 is 16.5 Å². The van der Waals surface area contributed by atoms with E-state index in [1.165, 1.54) is 0 Å². The standard InChI is InChI=1S/C27H29FN2O4S/c1-4-35(32,33)22-9-5-19(6-10-22)17-29-27(31)20-7-11-25-23(15-20)24-16-21(34-18(2)3)8-12-26(24)30(25)14-13-28/h5-12,15-16,18H,4,13-14,17H2,1-3H3,(H,29,31). The van der Waals surface area contributed by atoms with Crippen LogP contribution >= 0.6 is 0 Å². The zero-order valence-electron chi connectivity index (χ0n) is 20.0. The van der Waals surface area contributed by atoms with Crippen LogP contribution in [0.15, 0.2) is 65.6 Å². The molecule has 0 saturated heterocycles. The van der Waals surface area contributed by atoms with Gasteiger partial charge >= 0.3 is 0 Å². The van der Waals surface area contributed by atoms with Crippen molar-refractivity contribution in [2.45, 2.75) is 44.9 Å². The summed E-state index contributed by atoms with van der Waals surface area (Å²) in [7, 11) is -3.26. The molecule has 35 heavy (non-hydrogen) atoms. The van der Waals surface area contributed by atoms with Crippen molar-refractivity contribution in [3.05, 3.63) is 71.8 Å². The van der Waals surface area contributed by atoms with Crippen LogP contribution in [-0.4, -0.2) is 37.4 Å². The lowest BCUT2D eigenvalue weighted by Gasteiger charge is -2.10. The van der Waals surface area contributed by atoms with Gasteiger partial charge in [0.2, 0.25) is 0 Å². The molecule has 0 aliphatic rings. The lowest BCUT2D eigenvalue weighted by Crippen LogP contribution is -2.22. The van der Waals surface area contributed by atoms with E-state index >= 15 is 0 Å². The lowest BCUT2D eigenvalue weighted by molar-refractivity contribution is 0.0951. The minimum atomic E-state index is -3.26. The zero-order chi connectivity index (χ0) is 25.2. The second-order valence-corrected chi connectivity index (χ2v) is 10.9. The Morgan fingerprint density at radius 2 is 1.66 bits per heavy atom. The van der Waals surface area contributed by atoms with Crippen LogP contribution in [0.25, 0.3) is 21.8 Å². The zero-order valence-corrected chi connectivity index (χ0v) is 20.9. The second kappa shape index (κ2) is 10.1. The Balaban J connectivity index is 1.61. The molecular weight excluding hydrogens is 467 g/mol. The predicted molar refractivity (Wildman–Crippen MR) is 137 cm³/mol. The van der Waals surface area contributed by atoms with E-state index in [0.29, 0.717) is 5.56 Å². The van der Waals surface area contributed by atoms with Gasteiger partial charge in [-0.05, 0) is 67.9 Å². The summed E-state index contributed by atoms with van der Waals surface area (Å²) in [5.41, 5.74) is 3.01. The van der Waals surface area contributed by atoms with Gasteiger partial charge in [0.15, 0.2) is 9.84 Å². The molecule has 1 aromatic heterocycles. The lowest BCUT2D eigenvalue weighted by atomic mass is 10.1. The van der Waals surface area contributed by atoms with E-state index in [9.17, 15) is 17.6 Å². The smallest absolute Gasteiger partial charge is 0.251 e. The van der Waals surface area contributed by atoms with E-state index in [1.54, 1.807) is 37.3 Å². The van der Waals surface area contributed by atoms with Crippen molar-refractivity contribution < 1.29 is 22.3 Å². The molecule has 6 nitrogen and oxygen atoms in total. The highest BCUT2D eigenvalue weighted by atomic mass is 32.2. The molecule has 0 atom stereocenters. The molecule has 3 aromatic carbocycles. The number of alkyl halides is 1. The van der Waals surface area contributed by atoms with E-state index in [2.05, 4.69) is 5.32 Å². The Kier molecular flexibility index (Phi) is 7.12. The maximum Gasteiger partial charge on any atom is 0.251 e. The van der Waals surface area contributed by atoms with E-state index in [0.717, 1.165) is 33.1 Å². The fourth-order valence-corrected chi connectivity index (χ4v) is 5.05. The quantitative estimate of drug-likeness (QED) is 0.342. The molecule has 0 aliphatic heterocycles. The van der Waals surface area contributed by atoms with Crippen molar-refractivity contribution in [1.29, 1.82) is 0 Å². The average Bonchev–Trinajstić information content (AvgIpc) is 3.15. The number of nitrogens with one attached hydrogen (secondary N) is 1. The van der Waals surface area contributed by atoms with Gasteiger partial charge in [-0.1, -0.05) is 19.1 Å². The van der Waals surface area contributed by atoms with Crippen LogP contribution in [0.5, 0.6) is 5.75 Å². The number of carbonyl (C=O) groups excluding carboxylic acids is 1. The average molecular weight is 497 g/mol. The van der Waals surface area contributed by atoms with Crippen molar-refractivity contribution in [2.75, 3.05) is 12.4 Å². The number of rotatable bonds is 9. The van der Waals surface area contributed by atoms with Gasteiger partial charge in [-0.15, -0.1) is 0 Å². The summed E-state index contributed by atoms with van der Waals surface area (Å²) in [6.45, 7) is 5.50. The summed E-state index contributed by atoms with van der Waals surface area (Å²) in [6, 6.07) is 17.6. The molecule has 0 unspecified atom stereocenters. The molecule has 8 heteroatoms. The normalized spacial score (nSPS) is 11.9. The van der Waals surface area contributed by atoms with Gasteiger partial charge in [-0.2, -0.15) is 0 Å². The molecule has 0 bridgehead atoms. The summed E-state index contributed by atoms with van der Waals surface area (Å²) >= 11 is 0. The summed E-state index contributed by atoms with van der Waals surface area (Å²) in [4.78, 5) is 13.2. The molecule has 4 aromatic rings. The number of hydrogen-bond acceptors (Lipinski definition) is 4. The molecule has 1 N–H and O–H groups in total. The van der Waals surface area contributed by atoms with Crippen LogP contribution in [0.4, 0.5) is 4.39 Å². The number of aromatic nitrogens is 1. The molecule has 4 rings (SSSR count). The highest BCUT2D eigenvalue weighted by molar-refractivity contribution is 7.91. The molecule has 184 valence electrons. The first-order chi connectivity index (χ1) is 16.7. The molecule has 0 fully saturated rings. The fraction of sp³-hybridized carbons (Fsp3) is 0.296. The molecule has 0 aliphatic carbocycles. The van der Waals surface area contributed by atoms with Crippen LogP contribution in [0.2, 0.25) is 0 Å². The molecular formula is C27H29FN2O4S. The number of fused-ring (bicyclic) bond motifs is 3. The number of carbonyl (C=O) groups is 1. The van der Waals surface area contributed by atoms with Crippen LogP contribution in [0, 0.1) is 0 Å². The van der Waals surface area contributed by atoms with Crippen LogP contribution in [-0.2, 0) is 22.9 Å². The maximum absolute atomic E-state index is 13.3. The molecule has 1 heterocycles. The number of ether oxygens (including phenoxy) is 1. The third kappa shape index (κ3) is 5.17. The largest absolute Gasteiger partial charge is 0.491 e. The highest BCUT2D eigenvalue weighted by Crippen LogP contribution is 2.33. The number of sulfone groups is 1. The molecule has 0 saturated carbocycles. The molecule has 0 spiro atoms. The predicted octanol–water partition coefficient (Wildman–Crippen LogP) is 5.27. The van der Waals surface area contributed by atoms with E-state index in [1.807, 2.05) is 48.7 Å². The van der Waals surface area contributed by atoms with Crippen LogP contribution in [0.3, 0.4) is 0 Å². The van der Waals surface area contributed by atoms with Gasteiger partial charge in [0, 0.05) is 33.9 Å². The van der Waals surface area contributed by atoms with Gasteiger partial charge in [0.25, 0.3) is 5.91 Å². The monoisotopic (exact) mass is 496 g/mol. The van der Waals surface area contributed by atoms with Crippen molar-refractivity contribution in [1.82, 2.24) is 9.88 Å². The van der Waals surface area contributed by atoms with Gasteiger partial charge < -0.3 is 14.6 Å². The Bertz CT molecular complexity index is 1470. The summed E-state index contributed by atoms with van der Waals surface area (Å²) in [6.07, 6.45) is 0.0177. The van der Waals surface area contributed by atoms with Crippen LogP contribution < -0.4 is 10.1 Å². The first kappa shape index (κ1) is 24.7. The number of amides is 1. The third-order valence-electron chi connectivity index (χ3n) is 5.89. The number of hydrogen-bond donors (Lipinski definition) is 1. The summed E-state index contributed by atoms with van der Waals surface area (Å²) in [5.74, 6) is 0.506. The van der Waals surface area contributed by atoms with Gasteiger partial charge in [0.1, 0.15) is 12.4 Å². The minimum Gasteiger partial charge on any atom is -0.491 e. The maximum atomic E-state index is 13.3.